The Hall–Kier alpha value is -3.29. The lowest BCUT2D eigenvalue weighted by molar-refractivity contribution is -0.142. The van der Waals surface area contributed by atoms with Crippen molar-refractivity contribution in [1.29, 1.82) is 0 Å². The standard InChI is InChI=1S/C18H19N3O5/c1-11-18(12(2)21(3)20-11)19-16(22)9-24-17(23)7-5-13-4-6-14-15(8-13)26-10-25-14/h4-8H,9-10H2,1-3H3,(H,19,22)/b7-5+. The van der Waals surface area contributed by atoms with Crippen LogP contribution in [0.3, 0.4) is 0 Å². The molecule has 136 valence electrons. The molecule has 1 aliphatic rings. The second kappa shape index (κ2) is 7.30. The molecule has 0 aliphatic carbocycles. The first-order valence-electron chi connectivity index (χ1n) is 7.98. The van der Waals surface area contributed by atoms with Gasteiger partial charge >= 0.3 is 5.97 Å². The van der Waals surface area contributed by atoms with Crippen LogP contribution in [0.1, 0.15) is 17.0 Å². The summed E-state index contributed by atoms with van der Waals surface area (Å²) in [5, 5.41) is 6.91. The van der Waals surface area contributed by atoms with E-state index in [9.17, 15) is 9.59 Å². The van der Waals surface area contributed by atoms with Gasteiger partial charge in [-0.25, -0.2) is 4.79 Å². The maximum atomic E-state index is 12.0. The monoisotopic (exact) mass is 357 g/mol. The minimum absolute atomic E-state index is 0.190. The molecule has 0 saturated heterocycles. The van der Waals surface area contributed by atoms with Crippen LogP contribution in [0.15, 0.2) is 24.3 Å². The normalized spacial score (nSPS) is 12.4. The minimum atomic E-state index is -0.613. The van der Waals surface area contributed by atoms with E-state index in [-0.39, 0.29) is 13.4 Å². The number of rotatable bonds is 5. The molecule has 1 N–H and O–H groups in total. The summed E-state index contributed by atoms with van der Waals surface area (Å²) in [7, 11) is 1.79. The van der Waals surface area contributed by atoms with Crippen molar-refractivity contribution < 1.29 is 23.8 Å². The average Bonchev–Trinajstić information content (AvgIpc) is 3.17. The van der Waals surface area contributed by atoms with E-state index in [1.165, 1.54) is 6.08 Å². The largest absolute Gasteiger partial charge is 0.454 e. The molecule has 0 bridgehead atoms. The predicted molar refractivity (Wildman–Crippen MR) is 93.9 cm³/mol. The number of benzene rings is 1. The molecule has 0 saturated carbocycles. The number of carbonyl (C=O) groups is 2. The van der Waals surface area contributed by atoms with Gasteiger partial charge in [-0.15, -0.1) is 0 Å². The maximum Gasteiger partial charge on any atom is 0.331 e. The highest BCUT2D eigenvalue weighted by molar-refractivity contribution is 5.95. The molecule has 2 heterocycles. The molecule has 3 rings (SSSR count). The van der Waals surface area contributed by atoms with Gasteiger partial charge in [-0.1, -0.05) is 6.07 Å². The van der Waals surface area contributed by atoms with Gasteiger partial charge in [0.25, 0.3) is 5.91 Å². The van der Waals surface area contributed by atoms with Crippen molar-refractivity contribution in [2.24, 2.45) is 7.05 Å². The molecule has 2 aromatic rings. The van der Waals surface area contributed by atoms with Crippen LogP contribution in [-0.4, -0.2) is 35.1 Å². The fourth-order valence-electron chi connectivity index (χ4n) is 2.50. The van der Waals surface area contributed by atoms with Crippen LogP contribution in [-0.2, 0) is 21.4 Å². The number of esters is 1. The zero-order valence-corrected chi connectivity index (χ0v) is 14.7. The van der Waals surface area contributed by atoms with Crippen LogP contribution in [0, 0.1) is 13.8 Å². The van der Waals surface area contributed by atoms with Crippen LogP contribution in [0.4, 0.5) is 5.69 Å². The lowest BCUT2D eigenvalue weighted by atomic mass is 10.2. The Balaban J connectivity index is 1.51. The van der Waals surface area contributed by atoms with Crippen LogP contribution in [0.25, 0.3) is 6.08 Å². The van der Waals surface area contributed by atoms with Gasteiger partial charge in [0.2, 0.25) is 6.79 Å². The topological polar surface area (TPSA) is 91.7 Å². The molecule has 0 radical (unpaired) electrons. The highest BCUT2D eigenvalue weighted by atomic mass is 16.7. The lowest BCUT2D eigenvalue weighted by Crippen LogP contribution is -2.20. The number of anilines is 1. The van der Waals surface area contributed by atoms with E-state index in [1.54, 1.807) is 42.9 Å². The predicted octanol–water partition coefficient (Wildman–Crippen LogP) is 1.96. The summed E-state index contributed by atoms with van der Waals surface area (Å²) in [5.41, 5.74) is 2.92. The first kappa shape index (κ1) is 17.5. The van der Waals surface area contributed by atoms with E-state index >= 15 is 0 Å². The van der Waals surface area contributed by atoms with Crippen molar-refractivity contribution in [2.75, 3.05) is 18.7 Å². The summed E-state index contributed by atoms with van der Waals surface area (Å²) in [5.74, 6) is 0.260. The van der Waals surface area contributed by atoms with Crippen LogP contribution in [0.5, 0.6) is 11.5 Å². The number of nitrogens with one attached hydrogen (secondary N) is 1. The van der Waals surface area contributed by atoms with E-state index in [0.717, 1.165) is 11.3 Å². The molecule has 0 spiro atoms. The number of hydrogen-bond donors (Lipinski definition) is 1. The van der Waals surface area contributed by atoms with Crippen molar-refractivity contribution in [3.05, 3.63) is 41.2 Å². The van der Waals surface area contributed by atoms with Crippen LogP contribution >= 0.6 is 0 Å². The molecule has 0 unspecified atom stereocenters. The molecule has 8 heteroatoms. The Morgan fingerprint density at radius 1 is 1.31 bits per heavy atom. The van der Waals surface area contributed by atoms with Crippen molar-refractivity contribution in [2.45, 2.75) is 13.8 Å². The van der Waals surface area contributed by atoms with Gasteiger partial charge in [0.15, 0.2) is 18.1 Å². The number of ether oxygens (including phenoxy) is 3. The Morgan fingerprint density at radius 3 is 2.81 bits per heavy atom. The van der Waals surface area contributed by atoms with Gasteiger partial charge < -0.3 is 19.5 Å². The Kier molecular flexibility index (Phi) is 4.92. The summed E-state index contributed by atoms with van der Waals surface area (Å²) in [6, 6.07) is 5.31. The molecule has 8 nitrogen and oxygen atoms in total. The fourth-order valence-corrected chi connectivity index (χ4v) is 2.50. The number of aryl methyl sites for hydroxylation is 2. The van der Waals surface area contributed by atoms with Gasteiger partial charge in [0, 0.05) is 13.1 Å². The molecular weight excluding hydrogens is 338 g/mol. The first-order valence-corrected chi connectivity index (χ1v) is 7.98. The number of fused-ring (bicyclic) bond motifs is 1. The number of hydrogen-bond acceptors (Lipinski definition) is 6. The van der Waals surface area contributed by atoms with Gasteiger partial charge in [-0.3, -0.25) is 9.48 Å². The Bertz CT molecular complexity index is 885. The minimum Gasteiger partial charge on any atom is -0.454 e. The van der Waals surface area contributed by atoms with E-state index in [1.807, 2.05) is 6.92 Å². The number of nitrogens with zero attached hydrogens (tertiary/aromatic N) is 2. The molecule has 0 fully saturated rings. The fraction of sp³-hybridized carbons (Fsp3) is 0.278. The number of carbonyl (C=O) groups excluding carboxylic acids is 2. The third kappa shape index (κ3) is 3.85. The van der Waals surface area contributed by atoms with Crippen LogP contribution < -0.4 is 14.8 Å². The summed E-state index contributed by atoms with van der Waals surface area (Å²) in [6.07, 6.45) is 2.84. The van der Waals surface area contributed by atoms with Crippen molar-refractivity contribution in [3.63, 3.8) is 0 Å². The van der Waals surface area contributed by atoms with Gasteiger partial charge in [0.05, 0.1) is 17.1 Å². The first-order chi connectivity index (χ1) is 12.4. The number of amides is 1. The van der Waals surface area contributed by atoms with Gasteiger partial charge in [-0.2, -0.15) is 5.10 Å². The molecule has 26 heavy (non-hydrogen) atoms. The molecule has 1 aliphatic heterocycles. The quantitative estimate of drug-likeness (QED) is 0.650. The summed E-state index contributed by atoms with van der Waals surface area (Å²) >= 11 is 0. The van der Waals surface area contributed by atoms with E-state index in [0.29, 0.717) is 22.9 Å². The van der Waals surface area contributed by atoms with E-state index < -0.39 is 11.9 Å². The van der Waals surface area contributed by atoms with E-state index in [2.05, 4.69) is 10.4 Å². The van der Waals surface area contributed by atoms with Gasteiger partial charge in [-0.05, 0) is 37.6 Å². The summed E-state index contributed by atoms with van der Waals surface area (Å²) in [4.78, 5) is 23.7. The molecule has 1 amide bonds. The zero-order valence-electron chi connectivity index (χ0n) is 14.7. The highest BCUT2D eigenvalue weighted by Gasteiger charge is 2.14. The lowest BCUT2D eigenvalue weighted by Gasteiger charge is -2.05. The van der Waals surface area contributed by atoms with Crippen molar-refractivity contribution in [1.82, 2.24) is 9.78 Å². The van der Waals surface area contributed by atoms with Crippen LogP contribution in [0.2, 0.25) is 0 Å². The van der Waals surface area contributed by atoms with Crippen molar-refractivity contribution in [3.8, 4) is 11.5 Å². The third-order valence-electron chi connectivity index (χ3n) is 3.93. The molecule has 1 aromatic heterocycles. The third-order valence-corrected chi connectivity index (χ3v) is 3.93. The smallest absolute Gasteiger partial charge is 0.331 e. The SMILES string of the molecule is Cc1nn(C)c(C)c1NC(=O)COC(=O)/C=C/c1ccc2c(c1)OCO2. The maximum absolute atomic E-state index is 12.0. The molecular formula is C18H19N3O5. The number of aromatic nitrogens is 2. The Labute approximate surface area is 150 Å². The second-order valence-electron chi connectivity index (χ2n) is 5.77. The molecule has 1 aromatic carbocycles. The van der Waals surface area contributed by atoms with E-state index in [4.69, 9.17) is 14.2 Å². The van der Waals surface area contributed by atoms with Gasteiger partial charge in [0.1, 0.15) is 0 Å². The second-order valence-corrected chi connectivity index (χ2v) is 5.77. The molecule has 0 atom stereocenters. The average molecular weight is 357 g/mol. The summed E-state index contributed by atoms with van der Waals surface area (Å²) < 4.78 is 17.1. The van der Waals surface area contributed by atoms with Crippen molar-refractivity contribution >= 4 is 23.6 Å². The summed E-state index contributed by atoms with van der Waals surface area (Å²) in [6.45, 7) is 3.45. The highest BCUT2D eigenvalue weighted by Crippen LogP contribution is 2.32. The zero-order chi connectivity index (χ0) is 18.7. The Morgan fingerprint density at radius 2 is 2.08 bits per heavy atom.